The van der Waals surface area contributed by atoms with E-state index in [2.05, 4.69) is 0 Å². The van der Waals surface area contributed by atoms with Gasteiger partial charge >= 0.3 is 0 Å². The lowest BCUT2D eigenvalue weighted by molar-refractivity contribution is 0.0859. The maximum atomic E-state index is 12.6. The van der Waals surface area contributed by atoms with Gasteiger partial charge in [-0.15, -0.1) is 11.3 Å². The van der Waals surface area contributed by atoms with Crippen LogP contribution in [0.25, 0.3) is 10.4 Å². The molecule has 2 aromatic rings. The Morgan fingerprint density at radius 1 is 1.19 bits per heavy atom. The van der Waals surface area contributed by atoms with Crippen molar-refractivity contribution in [3.63, 3.8) is 0 Å². The summed E-state index contributed by atoms with van der Waals surface area (Å²) in [7, 11) is 1.64. The lowest BCUT2D eigenvalue weighted by Gasteiger charge is -2.17. The van der Waals surface area contributed by atoms with Gasteiger partial charge in [-0.25, -0.2) is 0 Å². The summed E-state index contributed by atoms with van der Waals surface area (Å²) >= 11 is 1.47. The smallest absolute Gasteiger partial charge is 0.171 e. The third-order valence-corrected chi connectivity index (χ3v) is 4.60. The van der Waals surface area contributed by atoms with Crippen LogP contribution in [0.15, 0.2) is 24.3 Å². The second-order valence-corrected chi connectivity index (χ2v) is 7.16. The van der Waals surface area contributed by atoms with E-state index in [4.69, 9.17) is 10.5 Å². The maximum absolute atomic E-state index is 12.6. The van der Waals surface area contributed by atoms with Crippen LogP contribution in [0, 0.1) is 12.3 Å². The molecule has 0 saturated carbocycles. The summed E-state index contributed by atoms with van der Waals surface area (Å²) in [6.45, 7) is 7.71. The molecule has 0 unspecified atom stereocenters. The fraction of sp³-hybridized carbons (Fsp3) is 0.353. The average molecular weight is 303 g/mol. The van der Waals surface area contributed by atoms with Crippen molar-refractivity contribution in [1.82, 2.24) is 0 Å². The first-order valence-corrected chi connectivity index (χ1v) is 7.65. The molecule has 0 saturated heterocycles. The van der Waals surface area contributed by atoms with Crippen molar-refractivity contribution in [2.75, 3.05) is 12.8 Å². The van der Waals surface area contributed by atoms with E-state index < -0.39 is 5.41 Å². The van der Waals surface area contributed by atoms with Gasteiger partial charge in [0.05, 0.1) is 17.7 Å². The van der Waals surface area contributed by atoms with Gasteiger partial charge in [0.2, 0.25) is 0 Å². The number of rotatable bonds is 3. The van der Waals surface area contributed by atoms with E-state index in [1.54, 1.807) is 7.11 Å². The standard InChI is InChI=1S/C17H21NO2S/c1-10-13(15(19)17(2,3)4)16(18)21-14(10)11-6-8-12(20-5)9-7-11/h6-9H,18H2,1-5H3. The Balaban J connectivity index is 2.50. The zero-order valence-corrected chi connectivity index (χ0v) is 13.9. The van der Waals surface area contributed by atoms with E-state index in [1.165, 1.54) is 11.3 Å². The number of benzene rings is 1. The molecule has 4 heteroatoms. The molecular formula is C17H21NO2S. The van der Waals surface area contributed by atoms with E-state index in [1.807, 2.05) is 52.0 Å². The molecule has 0 radical (unpaired) electrons. The summed E-state index contributed by atoms with van der Waals surface area (Å²) in [4.78, 5) is 13.6. The monoisotopic (exact) mass is 303 g/mol. The van der Waals surface area contributed by atoms with E-state index in [0.717, 1.165) is 21.8 Å². The number of methoxy groups -OCH3 is 1. The summed E-state index contributed by atoms with van der Waals surface area (Å²) in [5, 5.41) is 0.596. The molecule has 0 bridgehead atoms. The summed E-state index contributed by atoms with van der Waals surface area (Å²) in [6.07, 6.45) is 0. The van der Waals surface area contributed by atoms with E-state index in [-0.39, 0.29) is 5.78 Å². The summed E-state index contributed by atoms with van der Waals surface area (Å²) in [5.74, 6) is 0.903. The Kier molecular flexibility index (Phi) is 4.10. The van der Waals surface area contributed by atoms with Crippen molar-refractivity contribution in [3.8, 4) is 16.2 Å². The van der Waals surface area contributed by atoms with Crippen LogP contribution in [-0.4, -0.2) is 12.9 Å². The minimum atomic E-state index is -0.433. The highest BCUT2D eigenvalue weighted by molar-refractivity contribution is 7.19. The molecule has 1 aromatic heterocycles. The van der Waals surface area contributed by atoms with Gasteiger partial charge in [0.15, 0.2) is 5.78 Å². The van der Waals surface area contributed by atoms with Crippen molar-refractivity contribution in [1.29, 1.82) is 0 Å². The Morgan fingerprint density at radius 3 is 2.24 bits per heavy atom. The zero-order chi connectivity index (χ0) is 15.8. The number of thiophene rings is 1. The molecule has 0 atom stereocenters. The molecule has 1 aromatic carbocycles. The fourth-order valence-electron chi connectivity index (χ4n) is 2.21. The van der Waals surface area contributed by atoms with Crippen LogP contribution in [0.3, 0.4) is 0 Å². The Morgan fingerprint density at radius 2 is 1.76 bits per heavy atom. The summed E-state index contributed by atoms with van der Waals surface area (Å²) < 4.78 is 5.17. The van der Waals surface area contributed by atoms with Crippen molar-refractivity contribution >= 4 is 22.1 Å². The topological polar surface area (TPSA) is 52.3 Å². The molecule has 3 nitrogen and oxygen atoms in total. The van der Waals surface area contributed by atoms with Crippen LogP contribution in [0.2, 0.25) is 0 Å². The molecule has 0 amide bonds. The lowest BCUT2D eigenvalue weighted by Crippen LogP contribution is -2.21. The van der Waals surface area contributed by atoms with Crippen LogP contribution >= 0.6 is 11.3 Å². The quantitative estimate of drug-likeness (QED) is 0.847. The number of nitrogens with two attached hydrogens (primary N) is 1. The van der Waals surface area contributed by atoms with Crippen LogP contribution in [0.4, 0.5) is 5.00 Å². The van der Waals surface area contributed by atoms with Crippen LogP contribution < -0.4 is 10.5 Å². The van der Waals surface area contributed by atoms with Gasteiger partial charge in [0.1, 0.15) is 5.75 Å². The number of ketones is 1. The minimum Gasteiger partial charge on any atom is -0.497 e. The van der Waals surface area contributed by atoms with Gasteiger partial charge < -0.3 is 10.5 Å². The molecule has 0 aliphatic heterocycles. The van der Waals surface area contributed by atoms with Gasteiger partial charge in [0.25, 0.3) is 0 Å². The molecule has 1 heterocycles. The molecule has 2 rings (SSSR count). The minimum absolute atomic E-state index is 0.0912. The first-order valence-electron chi connectivity index (χ1n) is 6.83. The number of nitrogen functional groups attached to an aromatic ring is 1. The number of carbonyl (C=O) groups excluding carboxylic acids is 1. The van der Waals surface area contributed by atoms with E-state index in [9.17, 15) is 4.79 Å². The second-order valence-electron chi connectivity index (χ2n) is 6.10. The number of hydrogen-bond donors (Lipinski definition) is 1. The highest BCUT2D eigenvalue weighted by atomic mass is 32.1. The normalized spacial score (nSPS) is 11.5. The molecule has 21 heavy (non-hydrogen) atoms. The second kappa shape index (κ2) is 5.53. The number of Topliss-reactive ketones (excluding diaryl/α,β-unsaturated/α-hetero) is 1. The Labute approximate surface area is 129 Å². The Bertz CT molecular complexity index is 663. The fourth-order valence-corrected chi connectivity index (χ4v) is 3.29. The zero-order valence-electron chi connectivity index (χ0n) is 13.1. The van der Waals surface area contributed by atoms with Crippen molar-refractivity contribution < 1.29 is 9.53 Å². The number of hydrogen-bond acceptors (Lipinski definition) is 4. The van der Waals surface area contributed by atoms with Gasteiger partial charge in [-0.2, -0.15) is 0 Å². The highest BCUT2D eigenvalue weighted by Crippen LogP contribution is 2.41. The van der Waals surface area contributed by atoms with Crippen LogP contribution in [-0.2, 0) is 0 Å². The Hall–Kier alpha value is -1.81. The molecule has 0 spiro atoms. The molecule has 0 fully saturated rings. The van der Waals surface area contributed by atoms with Crippen LogP contribution in [0.1, 0.15) is 36.7 Å². The number of anilines is 1. The van der Waals surface area contributed by atoms with Gasteiger partial charge in [-0.3, -0.25) is 4.79 Å². The summed E-state index contributed by atoms with van der Waals surface area (Å²) in [6, 6.07) is 7.80. The molecule has 112 valence electrons. The molecule has 2 N–H and O–H groups in total. The predicted molar refractivity (Wildman–Crippen MR) is 89.2 cm³/mol. The third kappa shape index (κ3) is 2.95. The number of carbonyl (C=O) groups is 1. The van der Waals surface area contributed by atoms with Crippen LogP contribution in [0.5, 0.6) is 5.75 Å². The maximum Gasteiger partial charge on any atom is 0.171 e. The number of ether oxygens (including phenoxy) is 1. The van der Waals surface area contributed by atoms with Crippen molar-refractivity contribution in [2.24, 2.45) is 5.41 Å². The lowest BCUT2D eigenvalue weighted by atomic mass is 9.85. The first kappa shape index (κ1) is 15.6. The van der Waals surface area contributed by atoms with Crippen molar-refractivity contribution in [2.45, 2.75) is 27.7 Å². The predicted octanol–water partition coefficient (Wildman–Crippen LogP) is 4.54. The molecule has 0 aliphatic carbocycles. The van der Waals surface area contributed by atoms with E-state index >= 15 is 0 Å². The largest absolute Gasteiger partial charge is 0.497 e. The third-order valence-electron chi connectivity index (χ3n) is 3.43. The average Bonchev–Trinajstić information content (AvgIpc) is 2.72. The van der Waals surface area contributed by atoms with E-state index in [0.29, 0.717) is 10.6 Å². The highest BCUT2D eigenvalue weighted by Gasteiger charge is 2.29. The molecular weight excluding hydrogens is 282 g/mol. The SMILES string of the molecule is COc1ccc(-c2sc(N)c(C(=O)C(C)(C)C)c2C)cc1. The van der Waals surface area contributed by atoms with Gasteiger partial charge in [-0.1, -0.05) is 20.8 Å². The molecule has 0 aliphatic rings. The summed E-state index contributed by atoms with van der Waals surface area (Å²) in [5.41, 5.74) is 8.35. The van der Waals surface area contributed by atoms with Gasteiger partial charge in [0, 0.05) is 10.3 Å². The van der Waals surface area contributed by atoms with Gasteiger partial charge in [-0.05, 0) is 42.3 Å². The first-order chi connectivity index (χ1) is 9.75. The van der Waals surface area contributed by atoms with Crippen molar-refractivity contribution in [3.05, 3.63) is 35.4 Å².